The molecule has 2 aromatic rings. The number of carbonyl (C=O) groups is 1. The summed E-state index contributed by atoms with van der Waals surface area (Å²) in [7, 11) is -3.85. The predicted octanol–water partition coefficient (Wildman–Crippen LogP) is 3.30. The van der Waals surface area contributed by atoms with E-state index in [2.05, 4.69) is 15.0 Å². The van der Waals surface area contributed by atoms with Crippen molar-refractivity contribution in [2.75, 3.05) is 13.1 Å². The zero-order valence-electron chi connectivity index (χ0n) is 15.0. The molecule has 146 valence electrons. The topological polar surface area (TPSA) is 88.2 Å². The quantitative estimate of drug-likeness (QED) is 0.673. The van der Waals surface area contributed by atoms with E-state index in [4.69, 9.17) is 23.2 Å². The second kappa shape index (κ2) is 9.50. The Balaban J connectivity index is 2.15. The molecule has 0 saturated heterocycles. The van der Waals surface area contributed by atoms with Crippen LogP contribution >= 0.6 is 23.2 Å². The van der Waals surface area contributed by atoms with Crippen LogP contribution in [0, 0.1) is 5.92 Å². The molecule has 0 atom stereocenters. The first-order chi connectivity index (χ1) is 12.7. The van der Waals surface area contributed by atoms with Crippen LogP contribution in [-0.4, -0.2) is 32.4 Å². The normalized spacial score (nSPS) is 11.6. The molecular formula is C18H21Cl2N3O3S. The van der Waals surface area contributed by atoms with Gasteiger partial charge in [0.15, 0.2) is 0 Å². The van der Waals surface area contributed by atoms with E-state index in [1.54, 1.807) is 6.20 Å². The summed E-state index contributed by atoms with van der Waals surface area (Å²) in [6, 6.07) is 7.99. The highest BCUT2D eigenvalue weighted by molar-refractivity contribution is 7.89. The number of hydrogen-bond acceptors (Lipinski definition) is 4. The van der Waals surface area contributed by atoms with E-state index in [1.807, 2.05) is 32.0 Å². The van der Waals surface area contributed by atoms with Crippen LogP contribution in [0.25, 0.3) is 0 Å². The minimum Gasteiger partial charge on any atom is -0.352 e. The lowest BCUT2D eigenvalue weighted by molar-refractivity contribution is 0.0954. The minimum atomic E-state index is -3.85. The van der Waals surface area contributed by atoms with Gasteiger partial charge in [-0.25, -0.2) is 13.1 Å². The zero-order valence-corrected chi connectivity index (χ0v) is 17.3. The van der Waals surface area contributed by atoms with Crippen LogP contribution in [0.1, 0.15) is 29.9 Å². The van der Waals surface area contributed by atoms with Gasteiger partial charge < -0.3 is 5.32 Å². The third-order valence-corrected chi connectivity index (χ3v) is 5.83. The molecule has 2 rings (SSSR count). The van der Waals surface area contributed by atoms with Crippen molar-refractivity contribution in [3.8, 4) is 0 Å². The molecule has 9 heteroatoms. The van der Waals surface area contributed by atoms with Gasteiger partial charge in [-0.15, -0.1) is 0 Å². The second-order valence-electron chi connectivity index (χ2n) is 6.34. The highest BCUT2D eigenvalue weighted by Gasteiger charge is 2.22. The number of hydrogen-bond donors (Lipinski definition) is 2. The largest absolute Gasteiger partial charge is 0.352 e. The molecule has 1 heterocycles. The summed E-state index contributed by atoms with van der Waals surface area (Å²) >= 11 is 12.1. The number of pyridine rings is 1. The third kappa shape index (κ3) is 6.17. The Labute approximate surface area is 169 Å². The summed E-state index contributed by atoms with van der Waals surface area (Å²) in [5.41, 5.74) is 0.883. The van der Waals surface area contributed by atoms with E-state index in [-0.39, 0.29) is 33.0 Å². The zero-order chi connectivity index (χ0) is 20.0. The number of aromatic nitrogens is 1. The summed E-state index contributed by atoms with van der Waals surface area (Å²) in [5.74, 6) is -0.354. The molecule has 0 spiro atoms. The first kappa shape index (κ1) is 21.6. The van der Waals surface area contributed by atoms with Gasteiger partial charge in [-0.05, 0) is 30.2 Å². The van der Waals surface area contributed by atoms with Crippen molar-refractivity contribution in [3.63, 3.8) is 0 Å². The van der Waals surface area contributed by atoms with Crippen molar-refractivity contribution < 1.29 is 13.2 Å². The standard InChI is InChI=1S/C18H21Cl2N3O3S/c1-12(2)11-23-27(25,26)17-9-14(15(19)10-16(17)20)18(24)22-8-6-13-5-3-4-7-21-13/h3-5,7,9-10,12,23H,6,8,11H2,1-2H3,(H,22,24). The fraction of sp³-hybridized carbons (Fsp3) is 0.333. The molecule has 0 bridgehead atoms. The van der Waals surface area contributed by atoms with Crippen LogP contribution in [0.15, 0.2) is 41.4 Å². The van der Waals surface area contributed by atoms with Gasteiger partial charge in [0.05, 0.1) is 15.6 Å². The Kier molecular flexibility index (Phi) is 7.61. The minimum absolute atomic E-state index is 0.0405. The molecule has 2 N–H and O–H groups in total. The van der Waals surface area contributed by atoms with Gasteiger partial charge in [-0.2, -0.15) is 0 Å². The van der Waals surface area contributed by atoms with Crippen molar-refractivity contribution in [1.82, 2.24) is 15.0 Å². The average Bonchev–Trinajstić information content (AvgIpc) is 2.60. The molecule has 6 nitrogen and oxygen atoms in total. The van der Waals surface area contributed by atoms with Gasteiger partial charge >= 0.3 is 0 Å². The van der Waals surface area contributed by atoms with Crippen molar-refractivity contribution in [2.45, 2.75) is 25.2 Å². The van der Waals surface area contributed by atoms with Crippen molar-refractivity contribution in [1.29, 1.82) is 0 Å². The number of rotatable bonds is 8. The molecular weight excluding hydrogens is 409 g/mol. The molecule has 0 radical (unpaired) electrons. The van der Waals surface area contributed by atoms with E-state index < -0.39 is 15.9 Å². The van der Waals surface area contributed by atoms with Crippen LogP contribution < -0.4 is 10.0 Å². The first-order valence-electron chi connectivity index (χ1n) is 8.37. The predicted molar refractivity (Wildman–Crippen MR) is 107 cm³/mol. The Morgan fingerprint density at radius 1 is 1.19 bits per heavy atom. The first-order valence-corrected chi connectivity index (χ1v) is 10.6. The van der Waals surface area contributed by atoms with Crippen LogP contribution in [0.4, 0.5) is 0 Å². The molecule has 0 fully saturated rings. The number of benzene rings is 1. The fourth-order valence-electron chi connectivity index (χ4n) is 2.21. The lowest BCUT2D eigenvalue weighted by Gasteiger charge is -2.13. The van der Waals surface area contributed by atoms with Crippen LogP contribution in [0.5, 0.6) is 0 Å². The summed E-state index contributed by atoms with van der Waals surface area (Å²) in [6.07, 6.45) is 2.22. The molecule has 1 aromatic carbocycles. The summed E-state index contributed by atoms with van der Waals surface area (Å²) in [5, 5.41) is 2.76. The number of sulfonamides is 1. The second-order valence-corrected chi connectivity index (χ2v) is 8.88. The highest BCUT2D eigenvalue weighted by atomic mass is 35.5. The monoisotopic (exact) mass is 429 g/mol. The van der Waals surface area contributed by atoms with E-state index in [0.29, 0.717) is 13.0 Å². The highest BCUT2D eigenvalue weighted by Crippen LogP contribution is 2.28. The Bertz CT molecular complexity index is 904. The smallest absolute Gasteiger partial charge is 0.252 e. The van der Waals surface area contributed by atoms with E-state index in [0.717, 1.165) is 5.69 Å². The third-order valence-electron chi connectivity index (χ3n) is 3.63. The SMILES string of the molecule is CC(C)CNS(=O)(=O)c1cc(C(=O)NCCc2ccccn2)c(Cl)cc1Cl. The lowest BCUT2D eigenvalue weighted by Crippen LogP contribution is -2.29. The number of nitrogens with zero attached hydrogens (tertiary/aromatic N) is 1. The van der Waals surface area contributed by atoms with E-state index in [9.17, 15) is 13.2 Å². The van der Waals surface area contributed by atoms with Crippen molar-refractivity contribution in [2.24, 2.45) is 5.92 Å². The maximum absolute atomic E-state index is 12.5. The Hall–Kier alpha value is -1.67. The number of amides is 1. The number of halogens is 2. The van der Waals surface area contributed by atoms with Crippen molar-refractivity contribution in [3.05, 3.63) is 57.8 Å². The maximum Gasteiger partial charge on any atom is 0.252 e. The van der Waals surface area contributed by atoms with Crippen LogP contribution in [-0.2, 0) is 16.4 Å². The van der Waals surface area contributed by atoms with E-state index in [1.165, 1.54) is 12.1 Å². The van der Waals surface area contributed by atoms with E-state index >= 15 is 0 Å². The Morgan fingerprint density at radius 2 is 1.93 bits per heavy atom. The summed E-state index contributed by atoms with van der Waals surface area (Å²) in [4.78, 5) is 16.4. The molecule has 1 aromatic heterocycles. The summed E-state index contributed by atoms with van der Waals surface area (Å²) in [6.45, 7) is 4.36. The van der Waals surface area contributed by atoms with Gasteiger partial charge in [-0.1, -0.05) is 43.1 Å². The molecule has 0 aliphatic rings. The lowest BCUT2D eigenvalue weighted by atomic mass is 10.2. The fourth-order valence-corrected chi connectivity index (χ4v) is 4.28. The van der Waals surface area contributed by atoms with Gasteiger partial charge in [0, 0.05) is 31.4 Å². The van der Waals surface area contributed by atoms with Gasteiger partial charge in [0.2, 0.25) is 10.0 Å². The summed E-state index contributed by atoms with van der Waals surface area (Å²) < 4.78 is 27.4. The molecule has 0 saturated carbocycles. The Morgan fingerprint density at radius 3 is 2.56 bits per heavy atom. The van der Waals surface area contributed by atoms with Gasteiger partial charge in [0.1, 0.15) is 4.90 Å². The number of carbonyl (C=O) groups excluding carboxylic acids is 1. The number of nitrogens with one attached hydrogen (secondary N) is 2. The molecule has 0 aliphatic carbocycles. The average molecular weight is 430 g/mol. The molecule has 0 aliphatic heterocycles. The van der Waals surface area contributed by atoms with Crippen molar-refractivity contribution >= 4 is 39.1 Å². The molecule has 0 unspecified atom stereocenters. The molecule has 27 heavy (non-hydrogen) atoms. The van der Waals surface area contributed by atoms with Crippen LogP contribution in [0.2, 0.25) is 10.0 Å². The van der Waals surface area contributed by atoms with Crippen LogP contribution in [0.3, 0.4) is 0 Å². The molecule has 1 amide bonds. The maximum atomic E-state index is 12.5. The van der Waals surface area contributed by atoms with Gasteiger partial charge in [-0.3, -0.25) is 9.78 Å². The van der Waals surface area contributed by atoms with Gasteiger partial charge in [0.25, 0.3) is 5.91 Å².